The summed E-state index contributed by atoms with van der Waals surface area (Å²) >= 11 is 1.56. The Labute approximate surface area is 171 Å². The monoisotopic (exact) mass is 399 g/mol. The van der Waals surface area contributed by atoms with Crippen LogP contribution < -0.4 is 5.63 Å². The van der Waals surface area contributed by atoms with Crippen LogP contribution in [-0.4, -0.2) is 14.8 Å². The maximum Gasteiger partial charge on any atom is 0.336 e. The Morgan fingerprint density at radius 3 is 2.62 bits per heavy atom. The summed E-state index contributed by atoms with van der Waals surface area (Å²) in [4.78, 5) is 12.1. The summed E-state index contributed by atoms with van der Waals surface area (Å²) in [7, 11) is 0. The molecule has 0 radical (unpaired) electrons. The van der Waals surface area contributed by atoms with Crippen molar-refractivity contribution < 1.29 is 4.42 Å². The van der Waals surface area contributed by atoms with Gasteiger partial charge in [-0.25, -0.2) is 4.79 Å². The smallest absolute Gasteiger partial charge is 0.336 e. The zero-order chi connectivity index (χ0) is 19.8. The van der Waals surface area contributed by atoms with E-state index >= 15 is 0 Å². The molecule has 0 aliphatic carbocycles. The molecule has 5 nitrogen and oxygen atoms in total. The Hall–Kier alpha value is -3.38. The van der Waals surface area contributed by atoms with Crippen molar-refractivity contribution in [3.05, 3.63) is 94.6 Å². The molecule has 2 aromatic heterocycles. The molecule has 0 aliphatic rings. The average Bonchev–Trinajstić information content (AvgIpc) is 3.12. The first kappa shape index (κ1) is 17.7. The lowest BCUT2D eigenvalue weighted by molar-refractivity contribution is 0.560. The zero-order valence-corrected chi connectivity index (χ0v) is 16.5. The Morgan fingerprint density at radius 1 is 0.966 bits per heavy atom. The van der Waals surface area contributed by atoms with Gasteiger partial charge in [0.2, 0.25) is 0 Å². The second kappa shape index (κ2) is 7.22. The minimum atomic E-state index is -0.343. The molecular weight excluding hydrogens is 382 g/mol. The van der Waals surface area contributed by atoms with E-state index in [0.29, 0.717) is 11.3 Å². The quantitative estimate of drug-likeness (QED) is 0.238. The van der Waals surface area contributed by atoms with Crippen LogP contribution in [0, 0.1) is 6.92 Å². The standard InChI is InChI=1S/C23H17N3O2S/c1-15-24-25-23(26(15)18-8-3-2-4-9-18)29-14-17-13-21(27)28-20-12-11-16-7-5-6-10-19(16)22(17)20/h2-13H,14H2,1H3. The number of hydrogen-bond acceptors (Lipinski definition) is 5. The molecule has 0 spiro atoms. The van der Waals surface area contributed by atoms with E-state index in [9.17, 15) is 4.79 Å². The van der Waals surface area contributed by atoms with Crippen LogP contribution >= 0.6 is 11.8 Å². The fourth-order valence-corrected chi connectivity index (χ4v) is 4.56. The lowest BCUT2D eigenvalue weighted by Gasteiger charge is -2.10. The third-order valence-electron chi connectivity index (χ3n) is 4.88. The number of thioether (sulfide) groups is 1. The van der Waals surface area contributed by atoms with E-state index in [4.69, 9.17) is 4.42 Å². The Bertz CT molecular complexity index is 1390. The molecule has 5 rings (SSSR count). The van der Waals surface area contributed by atoms with Crippen LogP contribution in [0.2, 0.25) is 0 Å². The summed E-state index contributed by atoms with van der Waals surface area (Å²) < 4.78 is 7.49. The first-order chi connectivity index (χ1) is 14.2. The van der Waals surface area contributed by atoms with Crippen molar-refractivity contribution in [2.75, 3.05) is 0 Å². The predicted octanol–water partition coefficient (Wildman–Crippen LogP) is 5.13. The third kappa shape index (κ3) is 3.21. The predicted molar refractivity (Wildman–Crippen MR) is 116 cm³/mol. The van der Waals surface area contributed by atoms with Gasteiger partial charge in [-0.2, -0.15) is 0 Å². The minimum Gasteiger partial charge on any atom is -0.423 e. The van der Waals surface area contributed by atoms with Crippen molar-refractivity contribution >= 4 is 33.5 Å². The maximum atomic E-state index is 12.1. The highest BCUT2D eigenvalue weighted by Gasteiger charge is 2.14. The van der Waals surface area contributed by atoms with E-state index in [1.165, 1.54) is 0 Å². The van der Waals surface area contributed by atoms with Crippen LogP contribution in [0.15, 0.2) is 87.2 Å². The SMILES string of the molecule is Cc1nnc(SCc2cc(=O)oc3ccc4ccccc4c23)n1-c1ccccc1. The van der Waals surface area contributed by atoms with Crippen molar-refractivity contribution in [3.63, 3.8) is 0 Å². The molecule has 0 unspecified atom stereocenters. The molecule has 0 saturated heterocycles. The largest absolute Gasteiger partial charge is 0.423 e. The van der Waals surface area contributed by atoms with Gasteiger partial charge in [0.1, 0.15) is 11.4 Å². The maximum absolute atomic E-state index is 12.1. The summed E-state index contributed by atoms with van der Waals surface area (Å²) in [6.07, 6.45) is 0. The molecule has 3 aromatic carbocycles. The van der Waals surface area contributed by atoms with Crippen LogP contribution in [0.4, 0.5) is 0 Å². The molecule has 0 N–H and O–H groups in total. The van der Waals surface area contributed by atoms with Crippen LogP contribution in [-0.2, 0) is 5.75 Å². The normalized spacial score (nSPS) is 11.3. The Kier molecular flexibility index (Phi) is 4.41. The van der Waals surface area contributed by atoms with Crippen LogP contribution in [0.5, 0.6) is 0 Å². The van der Waals surface area contributed by atoms with E-state index in [1.807, 2.05) is 66.1 Å². The first-order valence-electron chi connectivity index (χ1n) is 9.25. The highest BCUT2D eigenvalue weighted by atomic mass is 32.2. The molecular formula is C23H17N3O2S. The molecule has 2 heterocycles. The second-order valence-corrected chi connectivity index (χ2v) is 7.68. The highest BCUT2D eigenvalue weighted by molar-refractivity contribution is 7.98. The topological polar surface area (TPSA) is 60.9 Å². The van der Waals surface area contributed by atoms with Crippen LogP contribution in [0.1, 0.15) is 11.4 Å². The fraction of sp³-hybridized carbons (Fsp3) is 0.0870. The molecule has 142 valence electrons. The third-order valence-corrected chi connectivity index (χ3v) is 5.86. The molecule has 0 fully saturated rings. The summed E-state index contributed by atoms with van der Waals surface area (Å²) in [6, 6.07) is 23.6. The second-order valence-electron chi connectivity index (χ2n) is 6.74. The molecule has 0 amide bonds. The van der Waals surface area contributed by atoms with Crippen molar-refractivity contribution in [3.8, 4) is 5.69 Å². The van der Waals surface area contributed by atoms with Gasteiger partial charge < -0.3 is 4.42 Å². The molecule has 29 heavy (non-hydrogen) atoms. The number of fused-ring (bicyclic) bond motifs is 3. The first-order valence-corrected chi connectivity index (χ1v) is 10.2. The highest BCUT2D eigenvalue weighted by Crippen LogP contribution is 2.31. The van der Waals surface area contributed by atoms with Gasteiger partial charge in [-0.3, -0.25) is 4.57 Å². The van der Waals surface area contributed by atoms with E-state index in [2.05, 4.69) is 22.3 Å². The Balaban J connectivity index is 1.59. The number of aryl methyl sites for hydroxylation is 1. The molecule has 0 atom stereocenters. The van der Waals surface area contributed by atoms with E-state index < -0.39 is 0 Å². The summed E-state index contributed by atoms with van der Waals surface area (Å²) in [5, 5.41) is 12.5. The van der Waals surface area contributed by atoms with Crippen LogP contribution in [0.3, 0.4) is 0 Å². The molecule has 0 aliphatic heterocycles. The van der Waals surface area contributed by atoms with Gasteiger partial charge >= 0.3 is 5.63 Å². The lowest BCUT2D eigenvalue weighted by atomic mass is 10.0. The van der Waals surface area contributed by atoms with Crippen LogP contribution in [0.25, 0.3) is 27.4 Å². The summed E-state index contributed by atoms with van der Waals surface area (Å²) in [5.41, 5.74) is 2.20. The lowest BCUT2D eigenvalue weighted by Crippen LogP contribution is -2.02. The van der Waals surface area contributed by atoms with Gasteiger partial charge in [0.05, 0.1) is 0 Å². The summed E-state index contributed by atoms with van der Waals surface area (Å²) in [6.45, 7) is 1.93. The molecule has 0 bridgehead atoms. The minimum absolute atomic E-state index is 0.343. The number of hydrogen-bond donors (Lipinski definition) is 0. The van der Waals surface area contributed by atoms with Gasteiger partial charge in [-0.05, 0) is 41.5 Å². The number of aromatic nitrogens is 3. The van der Waals surface area contributed by atoms with Crippen molar-refractivity contribution in [2.45, 2.75) is 17.8 Å². The van der Waals surface area contributed by atoms with Crippen molar-refractivity contribution in [2.24, 2.45) is 0 Å². The van der Waals surface area contributed by atoms with Gasteiger partial charge in [-0.1, -0.05) is 60.3 Å². The van der Waals surface area contributed by atoms with Gasteiger partial charge in [0.15, 0.2) is 5.16 Å². The van der Waals surface area contributed by atoms with Crippen molar-refractivity contribution in [1.29, 1.82) is 0 Å². The van der Waals surface area contributed by atoms with Gasteiger partial charge in [0, 0.05) is 22.9 Å². The Morgan fingerprint density at radius 2 is 1.76 bits per heavy atom. The van der Waals surface area contributed by atoms with Gasteiger partial charge in [0.25, 0.3) is 0 Å². The number of para-hydroxylation sites is 1. The summed E-state index contributed by atoms with van der Waals surface area (Å²) in [5.74, 6) is 1.41. The average molecular weight is 399 g/mol. The molecule has 6 heteroatoms. The van der Waals surface area contributed by atoms with E-state index in [0.717, 1.165) is 38.4 Å². The fourth-order valence-electron chi connectivity index (χ4n) is 3.59. The molecule has 5 aromatic rings. The number of benzene rings is 3. The number of nitrogens with zero attached hydrogens (tertiary/aromatic N) is 3. The zero-order valence-electron chi connectivity index (χ0n) is 15.7. The molecule has 0 saturated carbocycles. The van der Waals surface area contributed by atoms with Crippen molar-refractivity contribution in [1.82, 2.24) is 14.8 Å². The van der Waals surface area contributed by atoms with E-state index in [1.54, 1.807) is 17.8 Å². The number of rotatable bonds is 4. The van der Waals surface area contributed by atoms with E-state index in [-0.39, 0.29) is 5.63 Å². The van der Waals surface area contributed by atoms with Gasteiger partial charge in [-0.15, -0.1) is 10.2 Å².